The third kappa shape index (κ3) is 5.66. The van der Waals surface area contributed by atoms with Gasteiger partial charge in [0.2, 0.25) is 11.1 Å². The molecule has 0 unspecified atom stereocenters. The summed E-state index contributed by atoms with van der Waals surface area (Å²) in [5.41, 5.74) is 1.45. The number of amides is 1. The second kappa shape index (κ2) is 9.08. The lowest BCUT2D eigenvalue weighted by atomic mass is 10.2. The molecule has 0 radical (unpaired) electrons. The largest absolute Gasteiger partial charge is 0.443 e. The molecule has 9 heteroatoms. The second-order valence-corrected chi connectivity index (χ2v) is 8.49. The van der Waals surface area contributed by atoms with Crippen LogP contribution in [0.15, 0.2) is 53.8 Å². The summed E-state index contributed by atoms with van der Waals surface area (Å²) >= 11 is 1.10. The fraction of sp³-hybridized carbons (Fsp3) is 0.286. The van der Waals surface area contributed by atoms with Crippen LogP contribution < -0.4 is 5.32 Å². The number of anilines is 1. The van der Waals surface area contributed by atoms with Crippen LogP contribution >= 0.6 is 11.8 Å². The molecular weight excluding hydrogens is 402 g/mol. The number of aromatic nitrogens is 4. The van der Waals surface area contributed by atoms with Gasteiger partial charge >= 0.3 is 6.09 Å². The lowest BCUT2D eigenvalue weighted by Crippen LogP contribution is -2.28. The molecule has 0 aliphatic rings. The number of aryl methyl sites for hydroxylation is 1. The Balaban J connectivity index is 1.84. The minimum atomic E-state index is -0.703. The second-order valence-electron chi connectivity index (χ2n) is 7.54. The van der Waals surface area contributed by atoms with Crippen LogP contribution in [0.3, 0.4) is 0 Å². The van der Waals surface area contributed by atoms with Gasteiger partial charge in [-0.3, -0.25) is 9.78 Å². The molecule has 1 aromatic carbocycles. The molecule has 0 atom stereocenters. The van der Waals surface area contributed by atoms with Crippen LogP contribution in [-0.2, 0) is 9.53 Å². The van der Waals surface area contributed by atoms with E-state index >= 15 is 0 Å². The number of rotatable bonds is 5. The summed E-state index contributed by atoms with van der Waals surface area (Å²) in [6, 6.07) is 12.8. The van der Waals surface area contributed by atoms with Crippen LogP contribution in [0.5, 0.6) is 0 Å². The SMILES string of the molecule is Cc1ccnc(-c2nnc(SCC(=O)Nc3ccccc3)n2C(=O)OC(C)(C)C)c1. The van der Waals surface area contributed by atoms with Crippen molar-refractivity contribution in [3.8, 4) is 11.5 Å². The average molecular weight is 426 g/mol. The molecule has 2 aromatic heterocycles. The normalized spacial score (nSPS) is 11.2. The van der Waals surface area contributed by atoms with E-state index in [1.165, 1.54) is 4.57 Å². The zero-order valence-corrected chi connectivity index (χ0v) is 18.1. The number of carbonyl (C=O) groups excluding carboxylic acids is 2. The van der Waals surface area contributed by atoms with E-state index in [9.17, 15) is 9.59 Å². The van der Waals surface area contributed by atoms with E-state index in [2.05, 4.69) is 20.5 Å². The molecule has 3 aromatic rings. The predicted octanol–water partition coefficient (Wildman–Crippen LogP) is 4.16. The molecule has 30 heavy (non-hydrogen) atoms. The van der Waals surface area contributed by atoms with Crippen molar-refractivity contribution in [2.24, 2.45) is 0 Å². The smallest absolute Gasteiger partial charge is 0.422 e. The maximum absolute atomic E-state index is 12.9. The summed E-state index contributed by atoms with van der Waals surface area (Å²) in [5, 5.41) is 11.3. The topological polar surface area (TPSA) is 99.0 Å². The molecule has 0 saturated carbocycles. The first kappa shape index (κ1) is 21.5. The molecule has 1 amide bonds. The highest BCUT2D eigenvalue weighted by atomic mass is 32.2. The first-order valence-corrected chi connectivity index (χ1v) is 10.3. The lowest BCUT2D eigenvalue weighted by molar-refractivity contribution is -0.113. The third-order valence-corrected chi connectivity index (χ3v) is 4.67. The molecular formula is C21H23N5O3S. The number of benzene rings is 1. The molecule has 0 fully saturated rings. The van der Waals surface area contributed by atoms with Crippen LogP contribution in [0.4, 0.5) is 10.5 Å². The number of para-hydroxylation sites is 1. The third-order valence-electron chi connectivity index (χ3n) is 3.74. The molecule has 8 nitrogen and oxygen atoms in total. The number of nitrogens with zero attached hydrogens (tertiary/aromatic N) is 4. The van der Waals surface area contributed by atoms with Gasteiger partial charge in [-0.05, 0) is 57.5 Å². The Morgan fingerprint density at radius 3 is 2.53 bits per heavy atom. The zero-order valence-electron chi connectivity index (χ0n) is 17.2. The summed E-state index contributed by atoms with van der Waals surface area (Å²) in [6.45, 7) is 7.25. The van der Waals surface area contributed by atoms with Crippen LogP contribution in [0, 0.1) is 6.92 Å². The van der Waals surface area contributed by atoms with Crippen molar-refractivity contribution in [3.63, 3.8) is 0 Å². The lowest BCUT2D eigenvalue weighted by Gasteiger charge is -2.20. The molecule has 0 aliphatic carbocycles. The molecule has 2 heterocycles. The summed E-state index contributed by atoms with van der Waals surface area (Å²) in [6.07, 6.45) is 1.01. The Bertz CT molecular complexity index is 1040. The van der Waals surface area contributed by atoms with Crippen molar-refractivity contribution >= 4 is 29.4 Å². The van der Waals surface area contributed by atoms with Gasteiger partial charge in [0.1, 0.15) is 11.3 Å². The van der Waals surface area contributed by atoms with Crippen molar-refractivity contribution < 1.29 is 14.3 Å². The monoisotopic (exact) mass is 425 g/mol. The van der Waals surface area contributed by atoms with Crippen molar-refractivity contribution in [2.75, 3.05) is 11.1 Å². The number of hydrogen-bond acceptors (Lipinski definition) is 7. The van der Waals surface area contributed by atoms with Crippen LogP contribution in [0.25, 0.3) is 11.5 Å². The van der Waals surface area contributed by atoms with E-state index in [4.69, 9.17) is 4.74 Å². The van der Waals surface area contributed by atoms with Gasteiger partial charge in [-0.25, -0.2) is 9.36 Å². The van der Waals surface area contributed by atoms with E-state index in [1.807, 2.05) is 31.2 Å². The number of carbonyl (C=O) groups is 2. The fourth-order valence-corrected chi connectivity index (χ4v) is 3.23. The average Bonchev–Trinajstić information content (AvgIpc) is 3.10. The van der Waals surface area contributed by atoms with Gasteiger partial charge in [0.05, 0.1) is 5.75 Å². The molecule has 1 N–H and O–H groups in total. The van der Waals surface area contributed by atoms with Gasteiger partial charge < -0.3 is 10.1 Å². The summed E-state index contributed by atoms with van der Waals surface area (Å²) in [5.74, 6) is 0.0935. The number of ether oxygens (including phenoxy) is 1. The molecule has 0 bridgehead atoms. The number of pyridine rings is 1. The minimum Gasteiger partial charge on any atom is -0.443 e. The van der Waals surface area contributed by atoms with E-state index in [0.29, 0.717) is 11.4 Å². The maximum atomic E-state index is 12.9. The Morgan fingerprint density at radius 1 is 1.13 bits per heavy atom. The van der Waals surface area contributed by atoms with E-state index in [1.54, 1.807) is 45.2 Å². The highest BCUT2D eigenvalue weighted by molar-refractivity contribution is 7.99. The molecule has 0 saturated heterocycles. The van der Waals surface area contributed by atoms with Crippen LogP contribution in [0.1, 0.15) is 26.3 Å². The maximum Gasteiger partial charge on any atom is 0.422 e. The summed E-state index contributed by atoms with van der Waals surface area (Å²) < 4.78 is 6.78. The standard InChI is InChI=1S/C21H23N5O3S/c1-14-10-11-22-16(12-14)18-24-25-19(26(18)20(28)29-21(2,3)4)30-13-17(27)23-15-8-6-5-7-9-15/h5-12H,13H2,1-4H3,(H,23,27). The Morgan fingerprint density at radius 2 is 1.87 bits per heavy atom. The van der Waals surface area contributed by atoms with E-state index in [0.717, 1.165) is 17.3 Å². The molecule has 0 aliphatic heterocycles. The Kier molecular flexibility index (Phi) is 6.51. The van der Waals surface area contributed by atoms with Gasteiger partial charge in [0, 0.05) is 11.9 Å². The van der Waals surface area contributed by atoms with Crippen LogP contribution in [0.2, 0.25) is 0 Å². The van der Waals surface area contributed by atoms with Gasteiger partial charge in [-0.1, -0.05) is 30.0 Å². The van der Waals surface area contributed by atoms with Crippen molar-refractivity contribution in [1.82, 2.24) is 19.7 Å². The fourth-order valence-electron chi connectivity index (χ4n) is 2.51. The Labute approximate surface area is 179 Å². The minimum absolute atomic E-state index is 0.0527. The highest BCUT2D eigenvalue weighted by Crippen LogP contribution is 2.25. The first-order valence-electron chi connectivity index (χ1n) is 9.32. The number of thioether (sulfide) groups is 1. The zero-order chi connectivity index (χ0) is 21.7. The number of nitrogens with one attached hydrogen (secondary N) is 1. The number of hydrogen-bond donors (Lipinski definition) is 1. The van der Waals surface area contributed by atoms with Gasteiger partial charge in [-0.2, -0.15) is 0 Å². The van der Waals surface area contributed by atoms with Crippen molar-refractivity contribution in [1.29, 1.82) is 0 Å². The summed E-state index contributed by atoms with van der Waals surface area (Å²) in [7, 11) is 0. The Hall–Kier alpha value is -3.20. The van der Waals surface area contributed by atoms with E-state index < -0.39 is 11.7 Å². The van der Waals surface area contributed by atoms with E-state index in [-0.39, 0.29) is 22.6 Å². The van der Waals surface area contributed by atoms with Crippen molar-refractivity contribution in [3.05, 3.63) is 54.2 Å². The quantitative estimate of drug-likeness (QED) is 0.613. The van der Waals surface area contributed by atoms with Crippen LogP contribution in [-0.4, -0.2) is 43.1 Å². The molecule has 3 rings (SSSR count). The van der Waals surface area contributed by atoms with Gasteiger partial charge in [-0.15, -0.1) is 10.2 Å². The first-order chi connectivity index (χ1) is 14.2. The summed E-state index contributed by atoms with van der Waals surface area (Å²) in [4.78, 5) is 29.5. The van der Waals surface area contributed by atoms with Gasteiger partial charge in [0.15, 0.2) is 5.82 Å². The predicted molar refractivity (Wildman–Crippen MR) is 115 cm³/mol. The highest BCUT2D eigenvalue weighted by Gasteiger charge is 2.26. The van der Waals surface area contributed by atoms with Crippen molar-refractivity contribution in [2.45, 2.75) is 38.5 Å². The van der Waals surface area contributed by atoms with Gasteiger partial charge in [0.25, 0.3) is 0 Å². The molecule has 0 spiro atoms. The molecule has 156 valence electrons.